The lowest BCUT2D eigenvalue weighted by Crippen LogP contribution is -2.23. The molecule has 0 saturated carbocycles. The Kier molecular flexibility index (Phi) is 6.05. The number of nitrogen functional groups attached to an aromatic ring is 1. The van der Waals surface area contributed by atoms with Crippen LogP contribution in [-0.2, 0) is 0 Å². The van der Waals surface area contributed by atoms with Crippen LogP contribution < -0.4 is 11.1 Å². The number of unbranched alkanes of at least 4 members (excludes halogenated alkanes) is 5. The number of carbonyl (C=O) groups excluding carboxylic acids is 1. The summed E-state index contributed by atoms with van der Waals surface area (Å²) in [5.74, 6) is 0.0309. The predicted octanol–water partition coefficient (Wildman–Crippen LogP) is 4.57. The summed E-state index contributed by atoms with van der Waals surface area (Å²) in [4.78, 5) is 12.9. The summed E-state index contributed by atoms with van der Waals surface area (Å²) in [7, 11) is 0. The van der Waals surface area contributed by atoms with Crippen LogP contribution in [0.5, 0.6) is 0 Å². The lowest BCUT2D eigenvalue weighted by Gasteiger charge is -2.03. The molecule has 1 aromatic heterocycles. The second-order valence-electron chi connectivity index (χ2n) is 5.43. The molecule has 0 fully saturated rings. The normalized spacial score (nSPS) is 10.9. The molecule has 0 radical (unpaired) electrons. The van der Waals surface area contributed by atoms with Gasteiger partial charge in [0, 0.05) is 16.9 Å². The molecule has 0 aliphatic rings. The van der Waals surface area contributed by atoms with E-state index in [1.807, 2.05) is 24.3 Å². The van der Waals surface area contributed by atoms with Crippen LogP contribution in [0, 0.1) is 0 Å². The van der Waals surface area contributed by atoms with E-state index in [1.165, 1.54) is 43.4 Å². The second-order valence-corrected chi connectivity index (χ2v) is 6.52. The Labute approximate surface area is 130 Å². The predicted molar refractivity (Wildman–Crippen MR) is 91.9 cm³/mol. The lowest BCUT2D eigenvalue weighted by molar-refractivity contribution is 0.0957. The minimum absolute atomic E-state index is 0.0309. The highest BCUT2D eigenvalue weighted by Crippen LogP contribution is 2.27. The maximum absolute atomic E-state index is 12.1. The molecule has 2 aromatic rings. The van der Waals surface area contributed by atoms with E-state index in [4.69, 9.17) is 5.73 Å². The van der Waals surface area contributed by atoms with Crippen molar-refractivity contribution < 1.29 is 4.79 Å². The van der Waals surface area contributed by atoms with Gasteiger partial charge >= 0.3 is 0 Å². The van der Waals surface area contributed by atoms with Crippen molar-refractivity contribution in [2.45, 2.75) is 45.4 Å². The molecule has 0 saturated heterocycles. The van der Waals surface area contributed by atoms with Crippen molar-refractivity contribution in [3.05, 3.63) is 29.1 Å². The minimum atomic E-state index is 0.0309. The van der Waals surface area contributed by atoms with E-state index in [0.717, 1.165) is 33.6 Å². The summed E-state index contributed by atoms with van der Waals surface area (Å²) in [5, 5.41) is 4.05. The summed E-state index contributed by atoms with van der Waals surface area (Å²) < 4.78 is 1.11. The van der Waals surface area contributed by atoms with Crippen molar-refractivity contribution in [3.63, 3.8) is 0 Å². The number of carbonyl (C=O) groups is 1. The van der Waals surface area contributed by atoms with Crippen LogP contribution in [-0.4, -0.2) is 12.5 Å². The first-order chi connectivity index (χ1) is 10.2. The minimum Gasteiger partial charge on any atom is -0.399 e. The maximum Gasteiger partial charge on any atom is 0.261 e. The van der Waals surface area contributed by atoms with Gasteiger partial charge in [-0.15, -0.1) is 11.3 Å². The maximum atomic E-state index is 12.1. The van der Waals surface area contributed by atoms with Gasteiger partial charge in [0.2, 0.25) is 0 Å². The zero-order chi connectivity index (χ0) is 15.1. The third kappa shape index (κ3) is 4.74. The number of hydrogen-bond donors (Lipinski definition) is 2. The van der Waals surface area contributed by atoms with Gasteiger partial charge in [-0.2, -0.15) is 0 Å². The molecule has 0 aliphatic carbocycles. The van der Waals surface area contributed by atoms with E-state index < -0.39 is 0 Å². The largest absolute Gasteiger partial charge is 0.399 e. The van der Waals surface area contributed by atoms with Crippen molar-refractivity contribution in [1.29, 1.82) is 0 Å². The highest BCUT2D eigenvalue weighted by atomic mass is 32.1. The third-order valence-corrected chi connectivity index (χ3v) is 4.69. The third-order valence-electron chi connectivity index (χ3n) is 3.58. The molecule has 114 valence electrons. The second kappa shape index (κ2) is 8.03. The molecular weight excluding hydrogens is 280 g/mol. The van der Waals surface area contributed by atoms with E-state index in [1.54, 1.807) is 0 Å². The molecule has 0 atom stereocenters. The van der Waals surface area contributed by atoms with Crippen LogP contribution >= 0.6 is 11.3 Å². The standard InChI is InChI=1S/C17H24N2OS/c1-2-3-4-5-6-7-10-19-17(20)16-12-13-11-14(18)8-9-15(13)21-16/h8-9,11-12H,2-7,10,18H2,1H3,(H,19,20). The lowest BCUT2D eigenvalue weighted by atomic mass is 10.1. The smallest absolute Gasteiger partial charge is 0.261 e. The summed E-state index contributed by atoms with van der Waals surface area (Å²) in [6.07, 6.45) is 7.43. The van der Waals surface area contributed by atoms with Gasteiger partial charge in [-0.05, 0) is 36.1 Å². The van der Waals surface area contributed by atoms with Gasteiger partial charge in [0.15, 0.2) is 0 Å². The molecular formula is C17H24N2OS. The zero-order valence-electron chi connectivity index (χ0n) is 12.7. The molecule has 3 N–H and O–H groups in total. The van der Waals surface area contributed by atoms with Gasteiger partial charge in [0.25, 0.3) is 5.91 Å². The number of amides is 1. The molecule has 4 heteroatoms. The van der Waals surface area contributed by atoms with E-state index in [2.05, 4.69) is 12.2 Å². The van der Waals surface area contributed by atoms with Gasteiger partial charge in [-0.25, -0.2) is 0 Å². The van der Waals surface area contributed by atoms with Crippen molar-refractivity contribution in [3.8, 4) is 0 Å². The average Bonchev–Trinajstić information content (AvgIpc) is 2.89. The van der Waals surface area contributed by atoms with Crippen molar-refractivity contribution in [2.24, 2.45) is 0 Å². The van der Waals surface area contributed by atoms with Crippen molar-refractivity contribution in [2.75, 3.05) is 12.3 Å². The van der Waals surface area contributed by atoms with Gasteiger partial charge in [-0.1, -0.05) is 39.0 Å². The van der Waals surface area contributed by atoms with Gasteiger partial charge < -0.3 is 11.1 Å². The summed E-state index contributed by atoms with van der Waals surface area (Å²) in [6.45, 7) is 2.99. The highest BCUT2D eigenvalue weighted by molar-refractivity contribution is 7.20. The molecule has 0 spiro atoms. The number of fused-ring (bicyclic) bond motifs is 1. The molecule has 2 rings (SSSR count). The number of benzene rings is 1. The van der Waals surface area contributed by atoms with Crippen LogP contribution in [0.2, 0.25) is 0 Å². The molecule has 0 unspecified atom stereocenters. The molecule has 3 nitrogen and oxygen atoms in total. The highest BCUT2D eigenvalue weighted by Gasteiger charge is 2.09. The molecule has 1 amide bonds. The number of anilines is 1. The van der Waals surface area contributed by atoms with Gasteiger partial charge in [0.05, 0.1) is 4.88 Å². The first-order valence-corrected chi connectivity index (χ1v) is 8.59. The monoisotopic (exact) mass is 304 g/mol. The van der Waals surface area contributed by atoms with Gasteiger partial charge in [-0.3, -0.25) is 4.79 Å². The van der Waals surface area contributed by atoms with E-state index in [-0.39, 0.29) is 5.91 Å². The van der Waals surface area contributed by atoms with Crippen molar-refractivity contribution >= 4 is 33.0 Å². The molecule has 0 bridgehead atoms. The van der Waals surface area contributed by atoms with Crippen LogP contribution in [0.25, 0.3) is 10.1 Å². The first kappa shape index (κ1) is 15.8. The van der Waals surface area contributed by atoms with E-state index in [9.17, 15) is 4.79 Å². The number of thiophene rings is 1. The fourth-order valence-electron chi connectivity index (χ4n) is 2.37. The fourth-order valence-corrected chi connectivity index (χ4v) is 3.33. The van der Waals surface area contributed by atoms with Gasteiger partial charge in [0.1, 0.15) is 0 Å². The number of rotatable bonds is 8. The van der Waals surface area contributed by atoms with E-state index >= 15 is 0 Å². The number of hydrogen-bond acceptors (Lipinski definition) is 3. The topological polar surface area (TPSA) is 55.1 Å². The molecule has 0 aliphatic heterocycles. The Bertz CT molecular complexity index is 591. The van der Waals surface area contributed by atoms with Crippen LogP contribution in [0.15, 0.2) is 24.3 Å². The van der Waals surface area contributed by atoms with E-state index in [0.29, 0.717) is 0 Å². The summed E-state index contributed by atoms with van der Waals surface area (Å²) in [5.41, 5.74) is 6.50. The SMILES string of the molecule is CCCCCCCCNC(=O)c1cc2cc(N)ccc2s1. The molecule has 1 aromatic carbocycles. The molecule has 21 heavy (non-hydrogen) atoms. The number of nitrogens with two attached hydrogens (primary N) is 1. The first-order valence-electron chi connectivity index (χ1n) is 7.78. The van der Waals surface area contributed by atoms with Crippen LogP contribution in [0.1, 0.15) is 55.1 Å². The Hall–Kier alpha value is -1.55. The molecule has 1 heterocycles. The Morgan fingerprint density at radius 2 is 1.90 bits per heavy atom. The average molecular weight is 304 g/mol. The summed E-state index contributed by atoms with van der Waals surface area (Å²) >= 11 is 1.52. The fraction of sp³-hybridized carbons (Fsp3) is 0.471. The Balaban J connectivity index is 1.77. The number of nitrogens with one attached hydrogen (secondary N) is 1. The van der Waals surface area contributed by atoms with Crippen LogP contribution in [0.3, 0.4) is 0 Å². The zero-order valence-corrected chi connectivity index (χ0v) is 13.5. The Morgan fingerprint density at radius 1 is 1.14 bits per heavy atom. The Morgan fingerprint density at radius 3 is 2.71 bits per heavy atom. The van der Waals surface area contributed by atoms with Crippen LogP contribution in [0.4, 0.5) is 5.69 Å². The van der Waals surface area contributed by atoms with Crippen molar-refractivity contribution in [1.82, 2.24) is 5.32 Å². The quantitative estimate of drug-likeness (QED) is 0.554. The summed E-state index contributed by atoms with van der Waals surface area (Å²) in [6, 6.07) is 7.68.